The second-order valence-corrected chi connectivity index (χ2v) is 5.07. The molecule has 1 fully saturated rings. The lowest BCUT2D eigenvalue weighted by molar-refractivity contribution is -0.141. The van der Waals surface area contributed by atoms with Gasteiger partial charge in [-0.3, -0.25) is 9.59 Å². The number of hydrogen-bond donors (Lipinski definition) is 1. The van der Waals surface area contributed by atoms with Crippen molar-refractivity contribution in [2.24, 2.45) is 0 Å². The monoisotopic (exact) mass is 288 g/mol. The summed E-state index contributed by atoms with van der Waals surface area (Å²) in [6, 6.07) is 1.94. The van der Waals surface area contributed by atoms with Crippen LogP contribution in [0.25, 0.3) is 0 Å². The fourth-order valence-electron chi connectivity index (χ4n) is 1.36. The number of thiophene rings is 1. The largest absolute Gasteiger partial charge is 0.345 e. The van der Waals surface area contributed by atoms with Crippen LogP contribution >= 0.6 is 27.3 Å². The molecule has 1 saturated heterocycles. The summed E-state index contributed by atoms with van der Waals surface area (Å²) in [6.07, 6.45) is 0. The van der Waals surface area contributed by atoms with Gasteiger partial charge in [0.25, 0.3) is 0 Å². The van der Waals surface area contributed by atoms with E-state index in [-0.39, 0.29) is 24.9 Å². The molecule has 1 aromatic heterocycles. The van der Waals surface area contributed by atoms with E-state index in [4.69, 9.17) is 0 Å². The molecule has 2 heterocycles. The fourth-order valence-corrected chi connectivity index (χ4v) is 2.85. The van der Waals surface area contributed by atoms with Gasteiger partial charge >= 0.3 is 0 Å². The van der Waals surface area contributed by atoms with Crippen molar-refractivity contribution in [3.63, 3.8) is 0 Å². The number of piperazine rings is 1. The number of nitrogens with one attached hydrogen (secondary N) is 1. The Labute approximate surface area is 99.4 Å². The van der Waals surface area contributed by atoms with E-state index in [1.165, 1.54) is 0 Å². The molecular weight excluding hydrogens is 280 g/mol. The van der Waals surface area contributed by atoms with Gasteiger partial charge in [0, 0.05) is 9.35 Å². The molecule has 1 aliphatic heterocycles. The number of nitrogens with zero attached hydrogens (tertiary/aromatic N) is 1. The second-order valence-electron chi connectivity index (χ2n) is 3.22. The third kappa shape index (κ3) is 2.38. The van der Waals surface area contributed by atoms with Crippen molar-refractivity contribution in [1.82, 2.24) is 10.2 Å². The molecule has 1 N–H and O–H groups in total. The van der Waals surface area contributed by atoms with Crippen LogP contribution in [0.3, 0.4) is 0 Å². The summed E-state index contributed by atoms with van der Waals surface area (Å²) in [5.41, 5.74) is 0. The van der Waals surface area contributed by atoms with Crippen LogP contribution in [0.15, 0.2) is 15.9 Å². The smallest absolute Gasteiger partial charge is 0.242 e. The summed E-state index contributed by atoms with van der Waals surface area (Å²) < 4.78 is 0.992. The van der Waals surface area contributed by atoms with Crippen molar-refractivity contribution < 1.29 is 9.59 Å². The Morgan fingerprint density at radius 2 is 2.33 bits per heavy atom. The molecule has 15 heavy (non-hydrogen) atoms. The molecule has 0 spiro atoms. The van der Waals surface area contributed by atoms with E-state index in [0.29, 0.717) is 6.54 Å². The molecular formula is C9H9BrN2O2S. The standard InChI is InChI=1S/C9H9BrN2O2S/c10-6-1-2-15-7(6)4-12-5-8(13)11-3-9(12)14/h1-2H,3-5H2,(H,11,13). The Morgan fingerprint density at radius 1 is 1.53 bits per heavy atom. The number of amides is 2. The summed E-state index contributed by atoms with van der Waals surface area (Å²) in [4.78, 5) is 25.2. The zero-order valence-electron chi connectivity index (χ0n) is 7.83. The van der Waals surface area contributed by atoms with Crippen LogP contribution in [0.5, 0.6) is 0 Å². The maximum Gasteiger partial charge on any atom is 0.242 e. The number of carbonyl (C=O) groups excluding carboxylic acids is 2. The highest BCUT2D eigenvalue weighted by atomic mass is 79.9. The first kappa shape index (κ1) is 10.6. The Morgan fingerprint density at radius 3 is 3.00 bits per heavy atom. The first-order chi connectivity index (χ1) is 7.16. The van der Waals surface area contributed by atoms with Gasteiger partial charge < -0.3 is 10.2 Å². The second kappa shape index (κ2) is 4.32. The Bertz CT molecular complexity index is 405. The molecule has 2 rings (SSSR count). The average molecular weight is 289 g/mol. The molecule has 0 aliphatic carbocycles. The summed E-state index contributed by atoms with van der Waals surface area (Å²) in [5.74, 6) is -0.128. The molecule has 1 aromatic rings. The van der Waals surface area contributed by atoms with Gasteiger partial charge in [-0.05, 0) is 27.4 Å². The van der Waals surface area contributed by atoms with E-state index in [2.05, 4.69) is 21.2 Å². The Balaban J connectivity index is 2.07. The minimum atomic E-state index is -0.0951. The van der Waals surface area contributed by atoms with Gasteiger partial charge in [-0.1, -0.05) is 0 Å². The Hall–Kier alpha value is -0.880. The summed E-state index contributed by atoms with van der Waals surface area (Å²) in [7, 11) is 0. The van der Waals surface area contributed by atoms with Crippen molar-refractivity contribution in [1.29, 1.82) is 0 Å². The van der Waals surface area contributed by atoms with Crippen LogP contribution in [-0.2, 0) is 16.1 Å². The highest BCUT2D eigenvalue weighted by Crippen LogP contribution is 2.24. The van der Waals surface area contributed by atoms with Crippen molar-refractivity contribution in [2.45, 2.75) is 6.54 Å². The van der Waals surface area contributed by atoms with Gasteiger partial charge in [0.15, 0.2) is 0 Å². The van der Waals surface area contributed by atoms with Crippen LogP contribution in [-0.4, -0.2) is 29.8 Å². The topological polar surface area (TPSA) is 49.4 Å². The van der Waals surface area contributed by atoms with Gasteiger partial charge in [-0.2, -0.15) is 0 Å². The molecule has 1 aliphatic rings. The lowest BCUT2D eigenvalue weighted by Crippen LogP contribution is -2.50. The lowest BCUT2D eigenvalue weighted by Gasteiger charge is -2.26. The van der Waals surface area contributed by atoms with Crippen LogP contribution in [0.2, 0.25) is 0 Å². The maximum atomic E-state index is 11.5. The van der Waals surface area contributed by atoms with E-state index < -0.39 is 0 Å². The van der Waals surface area contributed by atoms with Crippen molar-refractivity contribution >= 4 is 39.1 Å². The van der Waals surface area contributed by atoms with Gasteiger partial charge in [0.05, 0.1) is 19.6 Å². The van der Waals surface area contributed by atoms with Crippen LogP contribution in [0.1, 0.15) is 4.88 Å². The molecule has 0 bridgehead atoms. The van der Waals surface area contributed by atoms with E-state index in [9.17, 15) is 9.59 Å². The molecule has 0 radical (unpaired) electrons. The third-order valence-electron chi connectivity index (χ3n) is 2.15. The third-order valence-corrected chi connectivity index (χ3v) is 4.06. The van der Waals surface area contributed by atoms with E-state index in [1.54, 1.807) is 16.2 Å². The van der Waals surface area contributed by atoms with Gasteiger partial charge in [0.2, 0.25) is 11.8 Å². The fraction of sp³-hybridized carbons (Fsp3) is 0.333. The van der Waals surface area contributed by atoms with Crippen LogP contribution in [0.4, 0.5) is 0 Å². The molecule has 0 aromatic carbocycles. The molecule has 6 heteroatoms. The highest BCUT2D eigenvalue weighted by molar-refractivity contribution is 9.10. The minimum Gasteiger partial charge on any atom is -0.345 e. The molecule has 0 unspecified atom stereocenters. The highest BCUT2D eigenvalue weighted by Gasteiger charge is 2.23. The zero-order chi connectivity index (χ0) is 10.8. The SMILES string of the molecule is O=C1CN(Cc2sccc2Br)C(=O)CN1. The van der Waals surface area contributed by atoms with Gasteiger partial charge in [-0.15, -0.1) is 11.3 Å². The normalized spacial score (nSPS) is 16.7. The minimum absolute atomic E-state index is 0.0325. The molecule has 2 amide bonds. The maximum absolute atomic E-state index is 11.5. The molecule has 0 saturated carbocycles. The summed E-state index contributed by atoms with van der Waals surface area (Å²) in [6.45, 7) is 0.773. The molecule has 4 nitrogen and oxygen atoms in total. The number of rotatable bonds is 2. The van der Waals surface area contributed by atoms with E-state index >= 15 is 0 Å². The van der Waals surface area contributed by atoms with E-state index in [0.717, 1.165) is 9.35 Å². The predicted octanol–water partition coefficient (Wildman–Crippen LogP) is 0.969. The first-order valence-corrected chi connectivity index (χ1v) is 6.10. The van der Waals surface area contributed by atoms with E-state index in [1.807, 2.05) is 11.4 Å². The zero-order valence-corrected chi connectivity index (χ0v) is 10.2. The van der Waals surface area contributed by atoms with Gasteiger partial charge in [0.1, 0.15) is 0 Å². The van der Waals surface area contributed by atoms with Crippen LogP contribution < -0.4 is 5.32 Å². The van der Waals surface area contributed by atoms with Crippen LogP contribution in [0, 0.1) is 0 Å². The van der Waals surface area contributed by atoms with Gasteiger partial charge in [-0.25, -0.2) is 0 Å². The van der Waals surface area contributed by atoms with Crippen molar-refractivity contribution in [3.8, 4) is 0 Å². The lowest BCUT2D eigenvalue weighted by atomic mass is 10.3. The van der Waals surface area contributed by atoms with Crippen molar-refractivity contribution in [3.05, 3.63) is 20.8 Å². The predicted molar refractivity (Wildman–Crippen MR) is 60.4 cm³/mol. The summed E-state index contributed by atoms with van der Waals surface area (Å²) >= 11 is 4.97. The Kier molecular flexibility index (Phi) is 3.06. The number of carbonyl (C=O) groups is 2. The molecule has 80 valence electrons. The number of hydrogen-bond acceptors (Lipinski definition) is 3. The average Bonchev–Trinajstić information content (AvgIpc) is 2.58. The quantitative estimate of drug-likeness (QED) is 0.882. The van der Waals surface area contributed by atoms with Crippen molar-refractivity contribution in [2.75, 3.05) is 13.1 Å². The molecule has 0 atom stereocenters. The summed E-state index contributed by atoms with van der Waals surface area (Å²) in [5, 5.41) is 4.47. The number of halogens is 1. The first-order valence-electron chi connectivity index (χ1n) is 4.43.